The van der Waals surface area contributed by atoms with E-state index in [1.165, 1.54) is 0 Å². The van der Waals surface area contributed by atoms with Crippen LogP contribution in [0.4, 0.5) is 0 Å². The summed E-state index contributed by atoms with van der Waals surface area (Å²) >= 11 is 0. The Balaban J connectivity index is 2.03. The molecule has 2 rings (SSSR count). The number of rotatable bonds is 4. The second-order valence-electron chi connectivity index (χ2n) is 5.28. The van der Waals surface area contributed by atoms with Crippen LogP contribution in [0.25, 0.3) is 0 Å². The first-order valence-corrected chi connectivity index (χ1v) is 6.43. The highest BCUT2D eigenvalue weighted by atomic mass is 16.7. The molecule has 0 aromatic carbocycles. The van der Waals surface area contributed by atoms with Gasteiger partial charge in [0.05, 0.1) is 19.6 Å². The van der Waals surface area contributed by atoms with E-state index >= 15 is 0 Å². The van der Waals surface area contributed by atoms with Crippen molar-refractivity contribution in [3.05, 3.63) is 10.1 Å². The molecule has 0 bridgehead atoms. The Kier molecular flexibility index (Phi) is 3.97. The molecule has 1 saturated heterocycles. The third-order valence-corrected chi connectivity index (χ3v) is 3.81. The third kappa shape index (κ3) is 3.05. The van der Waals surface area contributed by atoms with E-state index < -0.39 is 11.8 Å². The van der Waals surface area contributed by atoms with E-state index in [4.69, 9.17) is 9.47 Å². The summed E-state index contributed by atoms with van der Waals surface area (Å²) in [4.78, 5) is 22.4. The van der Waals surface area contributed by atoms with Crippen LogP contribution in [0.3, 0.4) is 0 Å². The molecule has 0 N–H and O–H groups in total. The Labute approximate surface area is 106 Å². The number of nitrogens with zero attached hydrogens (tertiary/aromatic N) is 1. The Morgan fingerprint density at radius 3 is 2.72 bits per heavy atom. The van der Waals surface area contributed by atoms with E-state index in [0.717, 1.165) is 12.8 Å². The minimum atomic E-state index is -0.863. The Bertz CT molecular complexity index is 337. The van der Waals surface area contributed by atoms with Crippen molar-refractivity contribution in [3.63, 3.8) is 0 Å². The number of carbonyl (C=O) groups excluding carboxylic acids is 1. The summed E-state index contributed by atoms with van der Waals surface area (Å²) in [6.07, 6.45) is 2.60. The molecule has 1 aliphatic carbocycles. The largest absolute Gasteiger partial charge is 0.348 e. The SMILES string of the molecule is CC1(CC(C2CCCC(=O)C2)[N+](=O)[O-])OCCO1. The van der Waals surface area contributed by atoms with E-state index in [2.05, 4.69) is 0 Å². The highest BCUT2D eigenvalue weighted by molar-refractivity contribution is 5.79. The van der Waals surface area contributed by atoms with Gasteiger partial charge in [-0.3, -0.25) is 14.9 Å². The van der Waals surface area contributed by atoms with Gasteiger partial charge in [-0.15, -0.1) is 0 Å². The quantitative estimate of drug-likeness (QED) is 0.564. The maximum atomic E-state index is 11.4. The molecule has 1 aliphatic heterocycles. The van der Waals surface area contributed by atoms with Crippen molar-refractivity contribution < 1.29 is 19.2 Å². The molecule has 1 heterocycles. The fraction of sp³-hybridized carbons (Fsp3) is 0.917. The first-order valence-electron chi connectivity index (χ1n) is 6.43. The van der Waals surface area contributed by atoms with Crippen molar-refractivity contribution in [2.24, 2.45) is 5.92 Å². The van der Waals surface area contributed by atoms with E-state index in [-0.39, 0.29) is 23.0 Å². The van der Waals surface area contributed by atoms with Crippen LogP contribution in [0, 0.1) is 16.0 Å². The summed E-state index contributed by atoms with van der Waals surface area (Å²) in [6, 6.07) is -0.752. The van der Waals surface area contributed by atoms with Crippen LogP contribution < -0.4 is 0 Å². The van der Waals surface area contributed by atoms with Gasteiger partial charge in [0.25, 0.3) is 0 Å². The van der Waals surface area contributed by atoms with Crippen molar-refractivity contribution >= 4 is 5.78 Å². The number of hydrogen-bond acceptors (Lipinski definition) is 5. The third-order valence-electron chi connectivity index (χ3n) is 3.81. The molecule has 2 atom stereocenters. The fourth-order valence-electron chi connectivity index (χ4n) is 2.85. The van der Waals surface area contributed by atoms with E-state index in [1.807, 2.05) is 0 Å². The molecule has 0 spiro atoms. The average Bonchev–Trinajstić information content (AvgIpc) is 2.73. The van der Waals surface area contributed by atoms with Gasteiger partial charge in [-0.05, 0) is 19.8 Å². The molecule has 2 unspecified atom stereocenters. The first-order chi connectivity index (χ1) is 8.50. The fourth-order valence-corrected chi connectivity index (χ4v) is 2.85. The van der Waals surface area contributed by atoms with E-state index in [9.17, 15) is 14.9 Å². The van der Waals surface area contributed by atoms with Crippen LogP contribution >= 0.6 is 0 Å². The molecule has 0 amide bonds. The number of ketones is 1. The molecule has 0 radical (unpaired) electrons. The Morgan fingerprint density at radius 2 is 2.17 bits per heavy atom. The lowest BCUT2D eigenvalue weighted by atomic mass is 9.81. The highest BCUT2D eigenvalue weighted by Crippen LogP contribution is 2.33. The van der Waals surface area contributed by atoms with Gasteiger partial charge in [0.1, 0.15) is 5.78 Å². The second-order valence-corrected chi connectivity index (χ2v) is 5.28. The molecule has 18 heavy (non-hydrogen) atoms. The maximum Gasteiger partial charge on any atom is 0.221 e. The Morgan fingerprint density at radius 1 is 1.50 bits per heavy atom. The molecule has 0 aromatic heterocycles. The van der Waals surface area contributed by atoms with Gasteiger partial charge < -0.3 is 9.47 Å². The monoisotopic (exact) mass is 257 g/mol. The summed E-state index contributed by atoms with van der Waals surface area (Å²) in [5.74, 6) is -0.902. The smallest absolute Gasteiger partial charge is 0.221 e. The summed E-state index contributed by atoms with van der Waals surface area (Å²) < 4.78 is 10.9. The molecule has 0 aromatic rings. The molecule has 2 aliphatic rings. The molecular weight excluding hydrogens is 238 g/mol. The van der Waals surface area contributed by atoms with Gasteiger partial charge in [0.15, 0.2) is 5.79 Å². The van der Waals surface area contributed by atoms with Gasteiger partial charge in [-0.2, -0.15) is 0 Å². The summed E-state index contributed by atoms with van der Waals surface area (Å²) in [5, 5.41) is 11.2. The van der Waals surface area contributed by atoms with Crippen molar-refractivity contribution in [2.45, 2.75) is 50.9 Å². The average molecular weight is 257 g/mol. The summed E-state index contributed by atoms with van der Waals surface area (Å²) in [7, 11) is 0. The second kappa shape index (κ2) is 5.32. The van der Waals surface area contributed by atoms with Gasteiger partial charge in [0, 0.05) is 23.7 Å². The van der Waals surface area contributed by atoms with Crippen molar-refractivity contribution in [3.8, 4) is 0 Å². The zero-order valence-corrected chi connectivity index (χ0v) is 10.6. The number of carbonyl (C=O) groups is 1. The van der Waals surface area contributed by atoms with Crippen LogP contribution in [0.15, 0.2) is 0 Å². The van der Waals surface area contributed by atoms with Crippen LogP contribution in [-0.4, -0.2) is 35.7 Å². The molecule has 1 saturated carbocycles. The number of ether oxygens (including phenoxy) is 2. The lowest BCUT2D eigenvalue weighted by Crippen LogP contribution is -2.40. The molecular formula is C12H19NO5. The van der Waals surface area contributed by atoms with Gasteiger partial charge in [-0.1, -0.05) is 0 Å². The van der Waals surface area contributed by atoms with Crippen molar-refractivity contribution in [1.82, 2.24) is 0 Å². The zero-order valence-electron chi connectivity index (χ0n) is 10.6. The molecule has 2 fully saturated rings. The first kappa shape index (κ1) is 13.4. The molecule has 6 nitrogen and oxygen atoms in total. The Hall–Kier alpha value is -1.01. The normalized spacial score (nSPS) is 29.2. The summed E-state index contributed by atoms with van der Waals surface area (Å²) in [6.45, 7) is 2.69. The van der Waals surface area contributed by atoms with Gasteiger partial charge >= 0.3 is 0 Å². The maximum absolute atomic E-state index is 11.4. The highest BCUT2D eigenvalue weighted by Gasteiger charge is 2.43. The topological polar surface area (TPSA) is 78.7 Å². The van der Waals surface area contributed by atoms with E-state index in [1.54, 1.807) is 6.92 Å². The zero-order chi connectivity index (χ0) is 13.2. The van der Waals surface area contributed by atoms with Crippen molar-refractivity contribution in [1.29, 1.82) is 0 Å². The minimum absolute atomic E-state index is 0.136. The number of hydrogen-bond donors (Lipinski definition) is 0. The standard InChI is InChI=1S/C12H19NO5/c1-12(17-5-6-18-12)8-11(13(15)16)9-3-2-4-10(14)7-9/h9,11H,2-8H2,1H3. The predicted octanol–water partition coefficient (Wildman–Crippen LogP) is 1.54. The number of nitro groups is 1. The van der Waals surface area contributed by atoms with Crippen molar-refractivity contribution in [2.75, 3.05) is 13.2 Å². The minimum Gasteiger partial charge on any atom is -0.348 e. The molecule has 102 valence electrons. The van der Waals surface area contributed by atoms with Crippen LogP contribution in [-0.2, 0) is 14.3 Å². The van der Waals surface area contributed by atoms with Gasteiger partial charge in [0.2, 0.25) is 6.04 Å². The van der Waals surface area contributed by atoms with Crippen LogP contribution in [0.2, 0.25) is 0 Å². The van der Waals surface area contributed by atoms with Crippen LogP contribution in [0.5, 0.6) is 0 Å². The lowest BCUT2D eigenvalue weighted by molar-refractivity contribution is -0.539. The van der Waals surface area contributed by atoms with E-state index in [0.29, 0.717) is 26.1 Å². The number of Topliss-reactive ketones (excluding diaryl/α,β-unsaturated/α-hetero) is 1. The summed E-state index contributed by atoms with van der Waals surface area (Å²) in [5.41, 5.74) is 0. The van der Waals surface area contributed by atoms with Crippen LogP contribution in [0.1, 0.15) is 39.0 Å². The predicted molar refractivity (Wildman–Crippen MR) is 62.7 cm³/mol. The van der Waals surface area contributed by atoms with Gasteiger partial charge in [-0.25, -0.2) is 0 Å². The lowest BCUT2D eigenvalue weighted by Gasteiger charge is -2.29. The molecule has 6 heteroatoms.